The number of thiophene rings is 1. The van der Waals surface area contributed by atoms with E-state index in [1.165, 1.54) is 12.5 Å². The van der Waals surface area contributed by atoms with Crippen LogP contribution in [0.5, 0.6) is 0 Å². The fraction of sp³-hybridized carbons (Fsp3) is 0.346. The topological polar surface area (TPSA) is 25.8 Å². The summed E-state index contributed by atoms with van der Waals surface area (Å²) in [5, 5.41) is 1.62. The van der Waals surface area contributed by atoms with Crippen LogP contribution >= 0.6 is 11.3 Å². The second-order valence-corrected chi connectivity index (χ2v) is 29.2. The van der Waals surface area contributed by atoms with Crippen LogP contribution in [0, 0.1) is 49.0 Å². The Morgan fingerprint density at radius 1 is 0.860 bits per heavy atom. The summed E-state index contributed by atoms with van der Waals surface area (Å²) < 4.78 is 85.8. The number of rotatable bonds is 7. The van der Waals surface area contributed by atoms with Crippen LogP contribution in [0.15, 0.2) is 103 Å². The van der Waals surface area contributed by atoms with Gasteiger partial charge in [0.15, 0.2) is 0 Å². The Hall–Kier alpha value is -3.41. The molecule has 7 aromatic rings. The zero-order valence-corrected chi connectivity index (χ0v) is 38.8. The molecule has 0 saturated heterocycles. The molecule has 295 valence electrons. The average molecular weight is 1020 g/mol. The standard InChI is InChI=1S/C32H28NS.C20H28GeN.Ir/c1-20-7-11-27(29-18-22(13-14-33-29)17-26-16-21-8-9-24(26)15-21)32-31(20)28-12-10-25(19-30(28)34-32)23-5-3-2-4-6-23;1-15-8-10-16(11-9-15)19-12-17(13-20(2,3)4)18(14-22-19)21(5,6)7;/h2-7,10,12-14,18-19,21,24,26H,8-9,15-17H2,1H3;8-10,12,14H,13H2,1-7H3;/q2*-1;/i1D3,17D2;1D3,13D2;. The monoisotopic (exact) mass is 1020 g/mol. The van der Waals surface area contributed by atoms with Crippen molar-refractivity contribution in [2.75, 3.05) is 0 Å². The summed E-state index contributed by atoms with van der Waals surface area (Å²) in [6, 6.07) is 34.4. The van der Waals surface area contributed by atoms with Crippen molar-refractivity contribution >= 4 is 49.2 Å². The first-order valence-corrected chi connectivity index (χ1v) is 27.9. The Labute approximate surface area is 375 Å². The molecule has 3 heterocycles. The van der Waals surface area contributed by atoms with Gasteiger partial charge in [0.05, 0.1) is 0 Å². The van der Waals surface area contributed by atoms with E-state index in [1.54, 1.807) is 41.8 Å². The molecule has 5 heteroatoms. The predicted molar refractivity (Wildman–Crippen MR) is 244 cm³/mol. The molecule has 0 spiro atoms. The average Bonchev–Trinajstić information content (AvgIpc) is 4.01. The molecule has 2 bridgehead atoms. The van der Waals surface area contributed by atoms with Crippen molar-refractivity contribution in [1.82, 2.24) is 9.97 Å². The number of hydrogen-bond donors (Lipinski definition) is 0. The molecule has 3 unspecified atom stereocenters. The summed E-state index contributed by atoms with van der Waals surface area (Å²) in [6.07, 6.45) is 5.04. The fourth-order valence-electron chi connectivity index (χ4n) is 8.41. The molecule has 2 aliphatic rings. The largest absolute Gasteiger partial charge is 0.305 e. The Morgan fingerprint density at radius 2 is 1.70 bits per heavy atom. The van der Waals surface area contributed by atoms with E-state index in [0.29, 0.717) is 45.3 Å². The molecule has 2 nitrogen and oxygen atoms in total. The zero-order chi connectivity index (χ0) is 47.8. The Morgan fingerprint density at radius 3 is 2.39 bits per heavy atom. The Kier molecular flexibility index (Phi) is 9.16. The summed E-state index contributed by atoms with van der Waals surface area (Å²) in [5.41, 5.74) is 6.13. The van der Waals surface area contributed by atoms with Crippen LogP contribution in [0.4, 0.5) is 0 Å². The fourth-order valence-corrected chi connectivity index (χ4v) is 12.6. The molecule has 9 rings (SSSR count). The molecule has 1 radical (unpaired) electrons. The predicted octanol–water partition coefficient (Wildman–Crippen LogP) is 13.9. The number of pyridine rings is 2. The number of benzene rings is 4. The molecule has 3 atom stereocenters. The Bertz CT molecular complexity index is 2900. The van der Waals surface area contributed by atoms with Crippen LogP contribution < -0.4 is 4.40 Å². The number of aryl methyl sites for hydroxylation is 2. The second-order valence-electron chi connectivity index (χ2n) is 17.5. The second kappa shape index (κ2) is 17.1. The van der Waals surface area contributed by atoms with Crippen LogP contribution in [-0.4, -0.2) is 23.2 Å². The smallest absolute Gasteiger partial charge is 0.0319 e. The SMILES string of the molecule is [2H]C([2H])([2H])c1c[c-]c(-c2cc(C([2H])([2H])C(C)(C)C)[c]([Ge]([CH3])([CH3])[CH3])cn2)cc1.[2H]C([2H])([2H])c1c[c-]c(-c2cc(C([2H])([2H])C3CC4CCC3C4)ccn2)c2sc3cc(-c4ccccc4)ccc3c12.[Ir]. The molecular formula is C52H56GeIrN2S-2. The number of fused-ring (bicyclic) bond motifs is 5. The molecule has 2 saturated carbocycles. The quantitative estimate of drug-likeness (QED) is 0.117. The minimum atomic E-state index is -2.36. The third-order valence-corrected chi connectivity index (χ3v) is 16.5. The zero-order valence-electron chi connectivity index (χ0n) is 43.5. The third-order valence-electron chi connectivity index (χ3n) is 11.1. The van der Waals surface area contributed by atoms with Crippen molar-refractivity contribution in [3.05, 3.63) is 138 Å². The normalized spacial score (nSPS) is 21.3. The van der Waals surface area contributed by atoms with E-state index in [9.17, 15) is 0 Å². The molecule has 3 aromatic heterocycles. The molecule has 0 N–H and O–H groups in total. The van der Waals surface area contributed by atoms with Gasteiger partial charge < -0.3 is 4.98 Å². The maximum absolute atomic E-state index is 9.11. The van der Waals surface area contributed by atoms with Crippen molar-refractivity contribution in [2.45, 2.75) is 90.2 Å². The van der Waals surface area contributed by atoms with Gasteiger partial charge in [-0.2, -0.15) is 11.3 Å². The first kappa shape index (κ1) is 30.6. The van der Waals surface area contributed by atoms with E-state index in [-0.39, 0.29) is 37.2 Å². The molecular weight excluding hydrogens is 949 g/mol. The summed E-state index contributed by atoms with van der Waals surface area (Å²) in [7, 11) is 0. The maximum atomic E-state index is 9.11. The van der Waals surface area contributed by atoms with Gasteiger partial charge in [0.25, 0.3) is 0 Å². The maximum Gasteiger partial charge on any atom is 0.0319 e. The Balaban J connectivity index is 0.000000211. The van der Waals surface area contributed by atoms with Gasteiger partial charge in [0.1, 0.15) is 0 Å². The molecule has 0 amide bonds. The number of nitrogens with zero attached hydrogens (tertiary/aromatic N) is 2. The molecule has 2 aliphatic carbocycles. The van der Waals surface area contributed by atoms with Crippen LogP contribution in [0.3, 0.4) is 0 Å². The minimum Gasteiger partial charge on any atom is -0.305 e. The molecule has 2 fully saturated rings. The van der Waals surface area contributed by atoms with Crippen molar-refractivity contribution in [1.29, 1.82) is 0 Å². The van der Waals surface area contributed by atoms with Crippen molar-refractivity contribution in [2.24, 2.45) is 23.2 Å². The van der Waals surface area contributed by atoms with Crippen LogP contribution in [-0.2, 0) is 32.9 Å². The number of hydrogen-bond acceptors (Lipinski definition) is 3. The first-order chi connectivity index (χ1) is 30.7. The van der Waals surface area contributed by atoms with Crippen molar-refractivity contribution in [3.63, 3.8) is 0 Å². The van der Waals surface area contributed by atoms with Gasteiger partial charge in [-0.25, -0.2) is 0 Å². The van der Waals surface area contributed by atoms with E-state index in [4.69, 9.17) is 13.7 Å². The van der Waals surface area contributed by atoms with E-state index >= 15 is 0 Å². The minimum absolute atomic E-state index is 0. The molecule has 0 aliphatic heterocycles. The van der Waals surface area contributed by atoms with Crippen LogP contribution in [0.25, 0.3) is 53.8 Å². The summed E-state index contributed by atoms with van der Waals surface area (Å²) in [6.45, 7) is 1.27. The summed E-state index contributed by atoms with van der Waals surface area (Å²) in [5.74, 6) is 7.85. The van der Waals surface area contributed by atoms with Crippen LogP contribution in [0.2, 0.25) is 17.3 Å². The van der Waals surface area contributed by atoms with Crippen molar-refractivity contribution < 1.29 is 33.8 Å². The molecule has 4 aromatic carbocycles. The van der Waals surface area contributed by atoms with Gasteiger partial charge in [-0.3, -0.25) is 0 Å². The van der Waals surface area contributed by atoms with Crippen molar-refractivity contribution in [3.8, 4) is 33.6 Å². The van der Waals surface area contributed by atoms with E-state index in [0.717, 1.165) is 55.1 Å². The van der Waals surface area contributed by atoms with E-state index < -0.39 is 45.1 Å². The molecule has 57 heavy (non-hydrogen) atoms. The van der Waals surface area contributed by atoms with Crippen LogP contribution in [0.1, 0.15) is 82.4 Å². The summed E-state index contributed by atoms with van der Waals surface area (Å²) in [4.78, 5) is 9.21. The van der Waals surface area contributed by atoms with Gasteiger partial charge in [0, 0.05) is 37.9 Å². The van der Waals surface area contributed by atoms with Gasteiger partial charge in [-0.1, -0.05) is 72.8 Å². The van der Waals surface area contributed by atoms with Gasteiger partial charge >= 0.3 is 145 Å². The summed E-state index contributed by atoms with van der Waals surface area (Å²) >= 11 is -0.800. The van der Waals surface area contributed by atoms with E-state index in [2.05, 4.69) is 57.6 Å². The third kappa shape index (κ3) is 9.41. The van der Waals surface area contributed by atoms with Gasteiger partial charge in [-0.15, -0.1) is 23.3 Å². The van der Waals surface area contributed by atoms with E-state index in [1.807, 2.05) is 69.4 Å². The number of aromatic nitrogens is 2. The first-order valence-electron chi connectivity index (χ1n) is 24.7. The van der Waals surface area contributed by atoms with Gasteiger partial charge in [-0.05, 0) is 82.4 Å². The van der Waals surface area contributed by atoms with Gasteiger partial charge in [0.2, 0.25) is 0 Å².